The third kappa shape index (κ3) is 3.66. The van der Waals surface area contributed by atoms with Gasteiger partial charge in [-0.25, -0.2) is 0 Å². The largest absolute Gasteiger partial charge is 0.338 e. The number of hydrogen-bond donors (Lipinski definition) is 0. The molecule has 2 rings (SSSR count). The first-order valence-corrected chi connectivity index (χ1v) is 6.82. The number of aryl methyl sites for hydroxylation is 1. The van der Waals surface area contributed by atoms with Crippen molar-refractivity contribution in [2.75, 3.05) is 7.05 Å². The van der Waals surface area contributed by atoms with Gasteiger partial charge in [0.05, 0.1) is 22.9 Å². The Hall–Kier alpha value is -1.63. The summed E-state index contributed by atoms with van der Waals surface area (Å²) in [5.74, 6) is 0.00153. The van der Waals surface area contributed by atoms with Gasteiger partial charge in [-0.1, -0.05) is 0 Å². The zero-order valence-electron chi connectivity index (χ0n) is 11.0. The molecule has 19 heavy (non-hydrogen) atoms. The van der Waals surface area contributed by atoms with Gasteiger partial charge in [-0.15, -0.1) is 0 Å². The Labute approximate surface area is 120 Å². The zero-order valence-corrected chi connectivity index (χ0v) is 12.5. The summed E-state index contributed by atoms with van der Waals surface area (Å²) in [5, 5.41) is 8.42. The molecule has 0 atom stereocenters. The molecule has 0 aliphatic rings. The minimum Gasteiger partial charge on any atom is -0.338 e. The lowest BCUT2D eigenvalue weighted by Gasteiger charge is -2.15. The van der Waals surface area contributed by atoms with Gasteiger partial charge in [-0.2, -0.15) is 10.2 Å². The molecule has 1 amide bonds. The molecular formula is C12H16BrN5O. The number of halogens is 1. The standard InChI is InChI=1S/C12H16BrN5O/c1-3-17-5-4-11(15-17)8-16(2)12(19)9-18-7-10(13)6-14-18/h4-7H,3,8-9H2,1-2H3. The van der Waals surface area contributed by atoms with Crippen molar-refractivity contribution in [1.82, 2.24) is 24.5 Å². The summed E-state index contributed by atoms with van der Waals surface area (Å²) in [6.45, 7) is 3.60. The molecule has 6 nitrogen and oxygen atoms in total. The van der Waals surface area contributed by atoms with Crippen molar-refractivity contribution in [2.45, 2.75) is 26.6 Å². The molecule has 2 aromatic rings. The van der Waals surface area contributed by atoms with E-state index in [0.717, 1.165) is 16.7 Å². The first-order valence-electron chi connectivity index (χ1n) is 6.02. The van der Waals surface area contributed by atoms with E-state index in [1.54, 1.807) is 29.0 Å². The Morgan fingerprint density at radius 2 is 2.26 bits per heavy atom. The Morgan fingerprint density at radius 1 is 1.47 bits per heavy atom. The molecule has 0 aliphatic heterocycles. The van der Waals surface area contributed by atoms with Crippen molar-refractivity contribution in [3.63, 3.8) is 0 Å². The fourth-order valence-corrected chi connectivity index (χ4v) is 2.01. The monoisotopic (exact) mass is 325 g/mol. The van der Waals surface area contributed by atoms with Crippen LogP contribution in [0.2, 0.25) is 0 Å². The summed E-state index contributed by atoms with van der Waals surface area (Å²) in [6.07, 6.45) is 5.35. The Morgan fingerprint density at radius 3 is 2.84 bits per heavy atom. The van der Waals surface area contributed by atoms with Gasteiger partial charge in [-0.05, 0) is 28.9 Å². The molecular weight excluding hydrogens is 310 g/mol. The van der Waals surface area contributed by atoms with E-state index < -0.39 is 0 Å². The minimum absolute atomic E-state index is 0.00153. The van der Waals surface area contributed by atoms with Gasteiger partial charge in [0.2, 0.25) is 5.91 Å². The average molecular weight is 326 g/mol. The molecule has 0 aromatic carbocycles. The molecule has 0 unspecified atom stereocenters. The fourth-order valence-electron chi connectivity index (χ4n) is 1.68. The molecule has 102 valence electrons. The summed E-state index contributed by atoms with van der Waals surface area (Å²) in [7, 11) is 1.77. The number of likely N-dealkylation sites (N-methyl/N-ethyl adjacent to an activating group) is 1. The van der Waals surface area contributed by atoms with Crippen LogP contribution in [0.1, 0.15) is 12.6 Å². The van der Waals surface area contributed by atoms with Gasteiger partial charge in [-0.3, -0.25) is 14.2 Å². The van der Waals surface area contributed by atoms with Crippen molar-refractivity contribution < 1.29 is 4.79 Å². The fraction of sp³-hybridized carbons (Fsp3) is 0.417. The highest BCUT2D eigenvalue weighted by Gasteiger charge is 2.12. The quantitative estimate of drug-likeness (QED) is 0.837. The maximum atomic E-state index is 12.0. The van der Waals surface area contributed by atoms with Crippen LogP contribution in [0.15, 0.2) is 29.1 Å². The van der Waals surface area contributed by atoms with E-state index in [1.165, 1.54) is 0 Å². The SMILES string of the molecule is CCn1ccc(CN(C)C(=O)Cn2cc(Br)cn2)n1. The average Bonchev–Trinajstić information content (AvgIpc) is 2.98. The summed E-state index contributed by atoms with van der Waals surface area (Å²) in [5.41, 5.74) is 0.888. The highest BCUT2D eigenvalue weighted by molar-refractivity contribution is 9.10. The first-order chi connectivity index (χ1) is 9.08. The van der Waals surface area contributed by atoms with Crippen molar-refractivity contribution in [1.29, 1.82) is 0 Å². The second-order valence-corrected chi connectivity index (χ2v) is 5.18. The Bertz CT molecular complexity index is 562. The Balaban J connectivity index is 1.91. The van der Waals surface area contributed by atoms with Crippen molar-refractivity contribution in [3.8, 4) is 0 Å². The lowest BCUT2D eigenvalue weighted by molar-refractivity contribution is -0.131. The molecule has 0 radical (unpaired) electrons. The van der Waals surface area contributed by atoms with Crippen LogP contribution in [0.25, 0.3) is 0 Å². The third-order valence-electron chi connectivity index (χ3n) is 2.74. The van der Waals surface area contributed by atoms with Gasteiger partial charge in [0.25, 0.3) is 0 Å². The smallest absolute Gasteiger partial charge is 0.244 e. The molecule has 0 aliphatic carbocycles. The maximum absolute atomic E-state index is 12.0. The molecule has 0 bridgehead atoms. The van der Waals surface area contributed by atoms with E-state index >= 15 is 0 Å². The summed E-state index contributed by atoms with van der Waals surface area (Å²) >= 11 is 3.30. The summed E-state index contributed by atoms with van der Waals surface area (Å²) in [6, 6.07) is 1.93. The van der Waals surface area contributed by atoms with E-state index in [1.807, 2.05) is 23.9 Å². The summed E-state index contributed by atoms with van der Waals surface area (Å²) in [4.78, 5) is 13.7. The van der Waals surface area contributed by atoms with Gasteiger partial charge in [0.15, 0.2) is 0 Å². The molecule has 0 spiro atoms. The predicted octanol–water partition coefficient (Wildman–Crippen LogP) is 1.52. The van der Waals surface area contributed by atoms with Gasteiger partial charge < -0.3 is 4.90 Å². The Kier molecular flexibility index (Phi) is 4.36. The number of carbonyl (C=O) groups excluding carboxylic acids is 1. The van der Waals surface area contributed by atoms with E-state index in [9.17, 15) is 4.79 Å². The second kappa shape index (κ2) is 6.01. The maximum Gasteiger partial charge on any atom is 0.244 e. The van der Waals surface area contributed by atoms with Crippen molar-refractivity contribution in [3.05, 3.63) is 34.8 Å². The highest BCUT2D eigenvalue weighted by atomic mass is 79.9. The van der Waals surface area contributed by atoms with Crippen LogP contribution in [0.3, 0.4) is 0 Å². The lowest BCUT2D eigenvalue weighted by atomic mass is 10.4. The number of aromatic nitrogens is 4. The molecule has 0 saturated carbocycles. The van der Waals surface area contributed by atoms with Crippen LogP contribution in [0.4, 0.5) is 0 Å². The number of carbonyl (C=O) groups is 1. The molecule has 2 aromatic heterocycles. The highest BCUT2D eigenvalue weighted by Crippen LogP contribution is 2.07. The van der Waals surface area contributed by atoms with Gasteiger partial charge in [0, 0.05) is 26.0 Å². The van der Waals surface area contributed by atoms with Crippen LogP contribution in [0, 0.1) is 0 Å². The van der Waals surface area contributed by atoms with E-state index in [0.29, 0.717) is 6.54 Å². The van der Waals surface area contributed by atoms with Crippen molar-refractivity contribution >= 4 is 21.8 Å². The van der Waals surface area contributed by atoms with Crippen LogP contribution in [-0.2, 0) is 24.4 Å². The minimum atomic E-state index is 0.00153. The van der Waals surface area contributed by atoms with Crippen LogP contribution >= 0.6 is 15.9 Å². The van der Waals surface area contributed by atoms with Crippen molar-refractivity contribution in [2.24, 2.45) is 0 Å². The number of amides is 1. The number of nitrogens with zero attached hydrogens (tertiary/aromatic N) is 5. The molecule has 0 saturated heterocycles. The van der Waals surface area contributed by atoms with Gasteiger partial charge >= 0.3 is 0 Å². The van der Waals surface area contributed by atoms with Crippen LogP contribution < -0.4 is 0 Å². The second-order valence-electron chi connectivity index (χ2n) is 4.27. The first kappa shape index (κ1) is 13.8. The van der Waals surface area contributed by atoms with E-state index in [-0.39, 0.29) is 12.5 Å². The van der Waals surface area contributed by atoms with E-state index in [2.05, 4.69) is 26.1 Å². The van der Waals surface area contributed by atoms with Gasteiger partial charge in [0.1, 0.15) is 6.54 Å². The molecule has 7 heteroatoms. The summed E-state index contributed by atoms with van der Waals surface area (Å²) < 4.78 is 4.32. The zero-order chi connectivity index (χ0) is 13.8. The van der Waals surface area contributed by atoms with Crippen LogP contribution in [-0.4, -0.2) is 37.4 Å². The predicted molar refractivity (Wildman–Crippen MR) is 74.3 cm³/mol. The van der Waals surface area contributed by atoms with Crippen LogP contribution in [0.5, 0.6) is 0 Å². The molecule has 2 heterocycles. The molecule has 0 fully saturated rings. The number of hydrogen-bond acceptors (Lipinski definition) is 3. The lowest BCUT2D eigenvalue weighted by Crippen LogP contribution is -2.30. The topological polar surface area (TPSA) is 56.0 Å². The third-order valence-corrected chi connectivity index (χ3v) is 3.15. The normalized spacial score (nSPS) is 10.7. The number of rotatable bonds is 5. The van der Waals surface area contributed by atoms with E-state index in [4.69, 9.17) is 0 Å². The molecule has 0 N–H and O–H groups in total.